The van der Waals surface area contributed by atoms with Gasteiger partial charge in [-0.25, -0.2) is 4.98 Å². The number of nitrogens with one attached hydrogen (secondary N) is 1. The normalized spacial score (nSPS) is 10.1. The van der Waals surface area contributed by atoms with Gasteiger partial charge in [0.05, 0.1) is 11.6 Å². The maximum Gasteiger partial charge on any atom is 0.258 e. The fourth-order valence-electron chi connectivity index (χ4n) is 1.57. The highest BCUT2D eigenvalue weighted by molar-refractivity contribution is 6.28. The fourth-order valence-corrected chi connectivity index (χ4v) is 1.72. The lowest BCUT2D eigenvalue weighted by Crippen LogP contribution is -2.06. The average Bonchev–Trinajstić information content (AvgIpc) is 3.02. The molecule has 9 heteroatoms. The summed E-state index contributed by atoms with van der Waals surface area (Å²) in [6.45, 7) is 0. The molecule has 0 unspecified atom stereocenters. The van der Waals surface area contributed by atoms with Crippen molar-refractivity contribution in [3.8, 4) is 12.0 Å². The highest BCUT2D eigenvalue weighted by Gasteiger charge is 2.07. The summed E-state index contributed by atoms with van der Waals surface area (Å²) in [7, 11) is 0. The van der Waals surface area contributed by atoms with E-state index in [1.54, 1.807) is 24.3 Å². The molecule has 0 saturated heterocycles. The van der Waals surface area contributed by atoms with Crippen LogP contribution in [-0.2, 0) is 0 Å². The van der Waals surface area contributed by atoms with E-state index in [-0.39, 0.29) is 17.2 Å². The van der Waals surface area contributed by atoms with Gasteiger partial charge in [0, 0.05) is 5.69 Å². The van der Waals surface area contributed by atoms with Gasteiger partial charge >= 0.3 is 0 Å². The third-order valence-corrected chi connectivity index (χ3v) is 2.66. The van der Waals surface area contributed by atoms with E-state index in [0.717, 1.165) is 5.69 Å². The van der Waals surface area contributed by atoms with Crippen molar-refractivity contribution in [1.29, 1.82) is 5.26 Å². The highest BCUT2D eigenvalue weighted by Crippen LogP contribution is 2.15. The maximum absolute atomic E-state index is 8.76. The zero-order valence-corrected chi connectivity index (χ0v) is 11.2. The summed E-state index contributed by atoms with van der Waals surface area (Å²) in [5.41, 5.74) is 1.29. The minimum Gasteiger partial charge on any atom is -0.324 e. The Kier molecular flexibility index (Phi) is 3.41. The molecule has 0 aliphatic heterocycles. The molecule has 1 N–H and O–H groups in total. The van der Waals surface area contributed by atoms with E-state index in [9.17, 15) is 0 Å². The zero-order valence-electron chi connectivity index (χ0n) is 10.5. The number of nitriles is 1. The largest absolute Gasteiger partial charge is 0.324 e. The van der Waals surface area contributed by atoms with E-state index >= 15 is 0 Å². The molecule has 0 bridgehead atoms. The number of hydrogen-bond acceptors (Lipinski definition) is 7. The topological polar surface area (TPSA) is 105 Å². The van der Waals surface area contributed by atoms with Gasteiger partial charge in [0.1, 0.15) is 12.7 Å². The Balaban J connectivity index is 1.90. The molecular formula is C12H7ClN8. The Morgan fingerprint density at radius 1 is 1.14 bits per heavy atom. The molecule has 0 amide bonds. The van der Waals surface area contributed by atoms with E-state index in [1.807, 2.05) is 6.07 Å². The Morgan fingerprint density at radius 2 is 1.95 bits per heavy atom. The van der Waals surface area contributed by atoms with Gasteiger partial charge < -0.3 is 5.32 Å². The number of hydrogen-bond donors (Lipinski definition) is 1. The first-order valence-electron chi connectivity index (χ1n) is 5.78. The minimum absolute atomic E-state index is 0.0339. The monoisotopic (exact) mass is 298 g/mol. The molecule has 2 heterocycles. The molecular weight excluding hydrogens is 292 g/mol. The van der Waals surface area contributed by atoms with Crippen molar-refractivity contribution in [1.82, 2.24) is 29.7 Å². The van der Waals surface area contributed by atoms with Crippen LogP contribution < -0.4 is 5.32 Å². The lowest BCUT2D eigenvalue weighted by atomic mass is 10.2. The number of nitrogens with zero attached hydrogens (tertiary/aromatic N) is 7. The van der Waals surface area contributed by atoms with Crippen molar-refractivity contribution in [3.05, 3.63) is 47.8 Å². The van der Waals surface area contributed by atoms with Crippen LogP contribution >= 0.6 is 11.6 Å². The molecule has 0 radical (unpaired) electrons. The number of rotatable bonds is 3. The Labute approximate surface area is 124 Å². The standard InChI is InChI=1S/C12H7ClN8/c13-10-18-11(17-9-3-1-8(5-14)2-4-9)20-12(19-10)21-7-15-6-16-21/h1-4,6-7H,(H,17,18,19,20). The van der Waals surface area contributed by atoms with Crippen molar-refractivity contribution in [2.45, 2.75) is 0 Å². The van der Waals surface area contributed by atoms with Crippen LogP contribution in [0, 0.1) is 11.3 Å². The smallest absolute Gasteiger partial charge is 0.258 e. The molecule has 0 aliphatic carbocycles. The van der Waals surface area contributed by atoms with Crippen LogP contribution in [-0.4, -0.2) is 29.7 Å². The molecule has 3 rings (SSSR count). The summed E-state index contributed by atoms with van der Waals surface area (Å²) >= 11 is 5.87. The minimum atomic E-state index is 0.0339. The predicted octanol–water partition coefficient (Wildman–Crippen LogP) is 1.72. The molecule has 0 aliphatic rings. The highest BCUT2D eigenvalue weighted by atomic mass is 35.5. The third kappa shape index (κ3) is 2.93. The molecule has 0 spiro atoms. The molecule has 102 valence electrons. The van der Waals surface area contributed by atoms with E-state index in [1.165, 1.54) is 17.3 Å². The quantitative estimate of drug-likeness (QED) is 0.784. The van der Waals surface area contributed by atoms with Gasteiger partial charge in [-0.05, 0) is 35.9 Å². The van der Waals surface area contributed by atoms with Crippen molar-refractivity contribution >= 4 is 23.2 Å². The van der Waals surface area contributed by atoms with Crippen molar-refractivity contribution < 1.29 is 0 Å². The first-order valence-corrected chi connectivity index (χ1v) is 6.16. The second kappa shape index (κ2) is 5.52. The first kappa shape index (κ1) is 13.0. The first-order chi connectivity index (χ1) is 10.2. The second-order valence-electron chi connectivity index (χ2n) is 3.88. The molecule has 8 nitrogen and oxygen atoms in total. The van der Waals surface area contributed by atoms with Gasteiger partial charge in [0.2, 0.25) is 11.2 Å². The van der Waals surface area contributed by atoms with Gasteiger partial charge in [0.25, 0.3) is 5.95 Å². The average molecular weight is 299 g/mol. The number of benzene rings is 1. The molecule has 21 heavy (non-hydrogen) atoms. The lowest BCUT2D eigenvalue weighted by molar-refractivity contribution is 0.796. The zero-order chi connectivity index (χ0) is 14.7. The summed E-state index contributed by atoms with van der Waals surface area (Å²) in [6.07, 6.45) is 2.82. The van der Waals surface area contributed by atoms with Gasteiger partial charge in [0.15, 0.2) is 0 Å². The lowest BCUT2D eigenvalue weighted by Gasteiger charge is -2.06. The Hall–Kier alpha value is -3.05. The van der Waals surface area contributed by atoms with Gasteiger partial charge in [-0.3, -0.25) is 0 Å². The van der Waals surface area contributed by atoms with Gasteiger partial charge in [-0.2, -0.15) is 30.0 Å². The predicted molar refractivity (Wildman–Crippen MR) is 74.2 cm³/mol. The molecule has 3 aromatic rings. The van der Waals surface area contributed by atoms with E-state index in [0.29, 0.717) is 5.56 Å². The summed E-state index contributed by atoms with van der Waals surface area (Å²) in [4.78, 5) is 16.0. The summed E-state index contributed by atoms with van der Waals surface area (Å²) in [5.74, 6) is 0.522. The summed E-state index contributed by atoms with van der Waals surface area (Å²) < 4.78 is 1.37. The van der Waals surface area contributed by atoms with E-state index in [4.69, 9.17) is 16.9 Å². The van der Waals surface area contributed by atoms with Crippen molar-refractivity contribution in [3.63, 3.8) is 0 Å². The van der Waals surface area contributed by atoms with Crippen LogP contribution in [0.5, 0.6) is 0 Å². The van der Waals surface area contributed by atoms with Crippen molar-refractivity contribution in [2.75, 3.05) is 5.32 Å². The molecule has 0 atom stereocenters. The third-order valence-electron chi connectivity index (χ3n) is 2.49. The van der Waals surface area contributed by atoms with Crippen LogP contribution in [0.2, 0.25) is 5.28 Å². The van der Waals surface area contributed by atoms with Crippen molar-refractivity contribution in [2.24, 2.45) is 0 Å². The molecule has 0 fully saturated rings. The maximum atomic E-state index is 8.76. The Morgan fingerprint density at radius 3 is 2.62 bits per heavy atom. The summed E-state index contributed by atoms with van der Waals surface area (Å²) in [6, 6.07) is 8.90. The van der Waals surface area contributed by atoms with Crippen LogP contribution in [0.1, 0.15) is 5.56 Å². The SMILES string of the molecule is N#Cc1ccc(Nc2nc(Cl)nc(-n3cncn3)n2)cc1. The van der Waals surface area contributed by atoms with E-state index in [2.05, 4.69) is 30.4 Å². The van der Waals surface area contributed by atoms with Crippen LogP contribution in [0.3, 0.4) is 0 Å². The molecule has 2 aromatic heterocycles. The second-order valence-corrected chi connectivity index (χ2v) is 4.22. The molecule has 0 saturated carbocycles. The van der Waals surface area contributed by atoms with Crippen LogP contribution in [0.25, 0.3) is 5.95 Å². The number of anilines is 2. The fraction of sp³-hybridized carbons (Fsp3) is 0. The Bertz CT molecular complexity index is 791. The number of halogens is 1. The van der Waals surface area contributed by atoms with Gasteiger partial charge in [-0.15, -0.1) is 0 Å². The van der Waals surface area contributed by atoms with Crippen LogP contribution in [0.15, 0.2) is 36.9 Å². The van der Waals surface area contributed by atoms with Crippen LogP contribution in [0.4, 0.5) is 11.6 Å². The van der Waals surface area contributed by atoms with Gasteiger partial charge in [-0.1, -0.05) is 0 Å². The molecule has 1 aromatic carbocycles. The number of aromatic nitrogens is 6. The summed E-state index contributed by atoms with van der Waals surface area (Å²) in [5, 5.41) is 15.7. The van der Waals surface area contributed by atoms with E-state index < -0.39 is 0 Å².